The van der Waals surface area contributed by atoms with E-state index in [-0.39, 0.29) is 10.9 Å². The van der Waals surface area contributed by atoms with Crippen LogP contribution in [0.25, 0.3) is 0 Å². The highest BCUT2D eigenvalue weighted by Gasteiger charge is 2.05. The number of nitrogens with one attached hydrogen (secondary N) is 1. The largest absolute Gasteiger partial charge is 0.326 e. The first kappa shape index (κ1) is 18.0. The van der Waals surface area contributed by atoms with Crippen LogP contribution in [0.3, 0.4) is 0 Å². The van der Waals surface area contributed by atoms with E-state index in [0.29, 0.717) is 12.1 Å². The molecule has 0 heterocycles. The Morgan fingerprint density at radius 3 is 2.33 bits per heavy atom. The van der Waals surface area contributed by atoms with Crippen molar-refractivity contribution in [2.45, 2.75) is 64.7 Å². The lowest BCUT2D eigenvalue weighted by molar-refractivity contribution is -0.116. The van der Waals surface area contributed by atoms with E-state index >= 15 is 0 Å². The fourth-order valence-electron chi connectivity index (χ4n) is 2.22. The Bertz CT molecular complexity index is 437. The zero-order valence-corrected chi connectivity index (χ0v) is 13.5. The highest BCUT2D eigenvalue weighted by Crippen LogP contribution is 2.19. The van der Waals surface area contributed by atoms with E-state index in [1.807, 2.05) is 0 Å². The summed E-state index contributed by atoms with van der Waals surface area (Å²) in [6.07, 6.45) is 10.2. The Balaban J connectivity index is 2.10. The molecule has 0 bridgehead atoms. The van der Waals surface area contributed by atoms with Crippen LogP contribution in [-0.4, -0.2) is 5.91 Å². The van der Waals surface area contributed by atoms with Crippen LogP contribution >= 0.6 is 11.6 Å². The van der Waals surface area contributed by atoms with Gasteiger partial charge in [0.25, 0.3) is 0 Å². The van der Waals surface area contributed by atoms with Gasteiger partial charge in [0.2, 0.25) is 5.91 Å². The van der Waals surface area contributed by atoms with Gasteiger partial charge in [0.05, 0.1) is 5.02 Å². The molecule has 0 atom stereocenters. The second-order valence-corrected chi connectivity index (χ2v) is 5.81. The van der Waals surface area contributed by atoms with Crippen LogP contribution in [0.15, 0.2) is 18.2 Å². The summed E-state index contributed by atoms with van der Waals surface area (Å²) in [5.74, 6) is -0.513. The molecule has 0 spiro atoms. The number of benzene rings is 1. The number of carbonyl (C=O) groups is 1. The zero-order valence-electron chi connectivity index (χ0n) is 12.8. The van der Waals surface area contributed by atoms with Gasteiger partial charge in [-0.15, -0.1) is 0 Å². The number of hydrogen-bond acceptors (Lipinski definition) is 1. The Morgan fingerprint density at radius 1 is 1.10 bits per heavy atom. The minimum Gasteiger partial charge on any atom is -0.326 e. The van der Waals surface area contributed by atoms with E-state index in [4.69, 9.17) is 11.6 Å². The summed E-state index contributed by atoms with van der Waals surface area (Å²) in [6, 6.07) is 4.21. The standard InChI is InChI=1S/C17H25ClFNO/c1-2-3-4-5-6-7-8-9-10-17(21)20-14-11-12-16(19)15(18)13-14/h11-13H,2-10H2,1H3,(H,20,21). The molecule has 0 saturated carbocycles. The van der Waals surface area contributed by atoms with E-state index in [0.717, 1.165) is 12.8 Å². The van der Waals surface area contributed by atoms with Gasteiger partial charge in [0.15, 0.2) is 0 Å². The minimum absolute atomic E-state index is 0.0277. The topological polar surface area (TPSA) is 29.1 Å². The zero-order chi connectivity index (χ0) is 15.5. The van der Waals surface area contributed by atoms with Crippen LogP contribution in [0.4, 0.5) is 10.1 Å². The van der Waals surface area contributed by atoms with Crippen LogP contribution < -0.4 is 5.32 Å². The summed E-state index contributed by atoms with van der Waals surface area (Å²) in [7, 11) is 0. The van der Waals surface area contributed by atoms with E-state index in [9.17, 15) is 9.18 Å². The maximum absolute atomic E-state index is 13.0. The molecule has 1 rings (SSSR count). The SMILES string of the molecule is CCCCCCCCCCC(=O)Nc1ccc(F)c(Cl)c1. The molecule has 1 aromatic carbocycles. The van der Waals surface area contributed by atoms with Gasteiger partial charge in [-0.2, -0.15) is 0 Å². The van der Waals surface area contributed by atoms with Crippen LogP contribution in [0.1, 0.15) is 64.7 Å². The molecular weight excluding hydrogens is 289 g/mol. The Morgan fingerprint density at radius 2 is 1.71 bits per heavy atom. The molecule has 0 aliphatic rings. The summed E-state index contributed by atoms with van der Waals surface area (Å²) < 4.78 is 13.0. The van der Waals surface area contributed by atoms with Gasteiger partial charge >= 0.3 is 0 Å². The molecule has 1 aromatic rings. The molecule has 118 valence electrons. The first-order chi connectivity index (χ1) is 10.1. The van der Waals surface area contributed by atoms with Crippen molar-refractivity contribution in [2.24, 2.45) is 0 Å². The normalized spacial score (nSPS) is 10.6. The monoisotopic (exact) mass is 313 g/mol. The summed E-state index contributed by atoms with van der Waals surface area (Å²) >= 11 is 5.67. The molecule has 1 N–H and O–H groups in total. The van der Waals surface area contributed by atoms with Crippen molar-refractivity contribution in [3.63, 3.8) is 0 Å². The number of anilines is 1. The Hall–Kier alpha value is -1.09. The van der Waals surface area contributed by atoms with E-state index in [1.54, 1.807) is 0 Å². The van der Waals surface area contributed by atoms with Crippen molar-refractivity contribution in [3.05, 3.63) is 29.0 Å². The first-order valence-corrected chi connectivity index (χ1v) is 8.26. The third kappa shape index (κ3) is 8.05. The van der Waals surface area contributed by atoms with Gasteiger partial charge in [-0.3, -0.25) is 4.79 Å². The fourth-order valence-corrected chi connectivity index (χ4v) is 2.40. The molecule has 0 fully saturated rings. The predicted molar refractivity (Wildman–Crippen MR) is 87.3 cm³/mol. The van der Waals surface area contributed by atoms with Gasteiger partial charge < -0.3 is 5.32 Å². The summed E-state index contributed by atoms with van der Waals surface area (Å²) in [4.78, 5) is 11.7. The molecule has 0 saturated heterocycles. The van der Waals surface area contributed by atoms with Gasteiger partial charge in [-0.05, 0) is 24.6 Å². The Labute approximate surface area is 132 Å². The van der Waals surface area contributed by atoms with Crippen molar-refractivity contribution in [1.29, 1.82) is 0 Å². The third-order valence-electron chi connectivity index (χ3n) is 3.46. The molecule has 21 heavy (non-hydrogen) atoms. The van der Waals surface area contributed by atoms with E-state index < -0.39 is 5.82 Å². The Kier molecular flexibility index (Phi) is 9.07. The summed E-state index contributed by atoms with van der Waals surface area (Å²) in [6.45, 7) is 2.22. The molecule has 2 nitrogen and oxygen atoms in total. The first-order valence-electron chi connectivity index (χ1n) is 7.88. The molecule has 0 radical (unpaired) electrons. The smallest absolute Gasteiger partial charge is 0.224 e. The second-order valence-electron chi connectivity index (χ2n) is 5.40. The molecule has 0 unspecified atom stereocenters. The number of hydrogen-bond donors (Lipinski definition) is 1. The number of carbonyl (C=O) groups excluding carboxylic acids is 1. The highest BCUT2D eigenvalue weighted by molar-refractivity contribution is 6.31. The summed E-state index contributed by atoms with van der Waals surface area (Å²) in [5, 5.41) is 2.77. The minimum atomic E-state index is -0.474. The molecule has 1 amide bonds. The lowest BCUT2D eigenvalue weighted by atomic mass is 10.1. The molecule has 0 aliphatic heterocycles. The predicted octanol–water partition coefficient (Wildman–Crippen LogP) is 5.95. The fraction of sp³-hybridized carbons (Fsp3) is 0.588. The maximum Gasteiger partial charge on any atom is 0.224 e. The van der Waals surface area contributed by atoms with E-state index in [2.05, 4.69) is 12.2 Å². The van der Waals surface area contributed by atoms with E-state index in [1.165, 1.54) is 56.7 Å². The lowest BCUT2D eigenvalue weighted by Crippen LogP contribution is -2.11. The second kappa shape index (κ2) is 10.6. The molecule has 0 aromatic heterocycles. The van der Waals surface area contributed by atoms with Crippen LogP contribution in [0.5, 0.6) is 0 Å². The van der Waals surface area contributed by atoms with Crippen LogP contribution in [-0.2, 0) is 4.79 Å². The van der Waals surface area contributed by atoms with Gasteiger partial charge in [-0.25, -0.2) is 4.39 Å². The van der Waals surface area contributed by atoms with Crippen molar-refractivity contribution >= 4 is 23.2 Å². The van der Waals surface area contributed by atoms with Gasteiger partial charge in [0, 0.05) is 12.1 Å². The molecular formula is C17H25ClFNO. The number of unbranched alkanes of at least 4 members (excludes halogenated alkanes) is 7. The number of rotatable bonds is 10. The average Bonchev–Trinajstić information content (AvgIpc) is 2.46. The molecule has 4 heteroatoms. The average molecular weight is 314 g/mol. The van der Waals surface area contributed by atoms with Gasteiger partial charge in [0.1, 0.15) is 5.82 Å². The van der Waals surface area contributed by atoms with Crippen molar-refractivity contribution in [3.8, 4) is 0 Å². The third-order valence-corrected chi connectivity index (χ3v) is 3.75. The number of amides is 1. The van der Waals surface area contributed by atoms with Crippen molar-refractivity contribution < 1.29 is 9.18 Å². The summed E-state index contributed by atoms with van der Waals surface area (Å²) in [5.41, 5.74) is 0.547. The number of halogens is 2. The maximum atomic E-state index is 13.0. The quantitative estimate of drug-likeness (QED) is 0.531. The van der Waals surface area contributed by atoms with Crippen LogP contribution in [0, 0.1) is 5.82 Å². The van der Waals surface area contributed by atoms with Gasteiger partial charge in [-0.1, -0.05) is 63.5 Å². The van der Waals surface area contributed by atoms with Crippen molar-refractivity contribution in [2.75, 3.05) is 5.32 Å². The lowest BCUT2D eigenvalue weighted by Gasteiger charge is -2.06. The highest BCUT2D eigenvalue weighted by atomic mass is 35.5. The van der Waals surface area contributed by atoms with Crippen molar-refractivity contribution in [1.82, 2.24) is 0 Å². The molecule has 0 aliphatic carbocycles. The van der Waals surface area contributed by atoms with Crippen LogP contribution in [0.2, 0.25) is 5.02 Å².